The van der Waals surface area contributed by atoms with Gasteiger partial charge >= 0.3 is 5.97 Å². The standard InChI is InChI=1S/C17H13N3O3S2/c1-10-6-8-11(9-7-10)20-15(21)14(25-17(20)24)19-18-13-5-3-2-4-12(13)16(22)23/h2-9,14H,1H3,(H,22,23). The predicted molar refractivity (Wildman–Crippen MR) is 101 cm³/mol. The molecule has 1 fully saturated rings. The molecule has 0 aromatic heterocycles. The molecule has 1 aliphatic heterocycles. The number of rotatable bonds is 4. The summed E-state index contributed by atoms with van der Waals surface area (Å²) in [4.78, 5) is 25.2. The highest BCUT2D eigenvalue weighted by molar-refractivity contribution is 8.25. The number of nitrogens with zero attached hydrogens (tertiary/aromatic N) is 3. The van der Waals surface area contributed by atoms with Crippen molar-refractivity contribution in [2.45, 2.75) is 12.3 Å². The molecule has 8 heteroatoms. The second kappa shape index (κ2) is 7.12. The molecule has 2 aromatic rings. The van der Waals surface area contributed by atoms with Crippen molar-refractivity contribution in [1.29, 1.82) is 0 Å². The number of aromatic carboxylic acids is 1. The molecule has 25 heavy (non-hydrogen) atoms. The molecule has 2 aromatic carbocycles. The predicted octanol–water partition coefficient (Wildman–Crippen LogP) is 4.17. The Labute approximate surface area is 153 Å². The molecule has 126 valence electrons. The second-order valence-corrected chi connectivity index (χ2v) is 7.00. The van der Waals surface area contributed by atoms with Crippen LogP contribution in [0.15, 0.2) is 58.8 Å². The van der Waals surface area contributed by atoms with Crippen molar-refractivity contribution < 1.29 is 14.7 Å². The SMILES string of the molecule is Cc1ccc(N2C(=O)C(N=Nc3ccccc3C(=O)O)SC2=S)cc1. The quantitative estimate of drug-likeness (QED) is 0.644. The number of carboxylic acid groups (broad SMARTS) is 1. The summed E-state index contributed by atoms with van der Waals surface area (Å²) in [5, 5.41) is 16.3. The highest BCUT2D eigenvalue weighted by Gasteiger charge is 2.38. The average molecular weight is 371 g/mol. The number of hydrogen-bond donors (Lipinski definition) is 1. The molecule has 1 atom stereocenters. The number of thioether (sulfide) groups is 1. The largest absolute Gasteiger partial charge is 0.478 e. The van der Waals surface area contributed by atoms with Crippen LogP contribution in [0.25, 0.3) is 0 Å². The first-order valence-corrected chi connectivity index (χ1v) is 8.60. The van der Waals surface area contributed by atoms with Gasteiger partial charge in [0.1, 0.15) is 4.32 Å². The fourth-order valence-corrected chi connectivity index (χ4v) is 3.52. The van der Waals surface area contributed by atoms with Gasteiger partial charge in [-0.3, -0.25) is 9.69 Å². The van der Waals surface area contributed by atoms with Crippen molar-refractivity contribution in [3.05, 3.63) is 59.7 Å². The summed E-state index contributed by atoms with van der Waals surface area (Å²) in [6.07, 6.45) is 0. The minimum atomic E-state index is -1.10. The van der Waals surface area contributed by atoms with Crippen LogP contribution in [-0.2, 0) is 4.79 Å². The summed E-state index contributed by atoms with van der Waals surface area (Å²) in [5.41, 5.74) is 1.98. The van der Waals surface area contributed by atoms with Crippen molar-refractivity contribution in [3.63, 3.8) is 0 Å². The van der Waals surface area contributed by atoms with E-state index in [1.54, 1.807) is 12.1 Å². The van der Waals surface area contributed by atoms with Crippen LogP contribution in [0.3, 0.4) is 0 Å². The van der Waals surface area contributed by atoms with Crippen molar-refractivity contribution in [3.8, 4) is 0 Å². The number of carboxylic acids is 1. The van der Waals surface area contributed by atoms with Crippen LogP contribution in [0.4, 0.5) is 11.4 Å². The zero-order valence-corrected chi connectivity index (χ0v) is 14.8. The Morgan fingerprint density at radius 3 is 2.56 bits per heavy atom. The highest BCUT2D eigenvalue weighted by Crippen LogP contribution is 2.34. The maximum Gasteiger partial charge on any atom is 0.337 e. The normalized spacial score (nSPS) is 17.5. The van der Waals surface area contributed by atoms with E-state index >= 15 is 0 Å². The molecule has 1 N–H and O–H groups in total. The summed E-state index contributed by atoms with van der Waals surface area (Å²) < 4.78 is 0.393. The number of benzene rings is 2. The van der Waals surface area contributed by atoms with E-state index in [2.05, 4.69) is 10.2 Å². The molecule has 0 saturated carbocycles. The molecule has 0 radical (unpaired) electrons. The van der Waals surface area contributed by atoms with Crippen LogP contribution in [-0.4, -0.2) is 26.7 Å². The summed E-state index contributed by atoms with van der Waals surface area (Å²) >= 11 is 6.39. The summed E-state index contributed by atoms with van der Waals surface area (Å²) in [5.74, 6) is -1.40. The van der Waals surface area contributed by atoms with Crippen molar-refractivity contribution in [2.75, 3.05) is 4.90 Å². The number of hydrogen-bond acceptors (Lipinski definition) is 6. The number of azo groups is 1. The van der Waals surface area contributed by atoms with Crippen molar-refractivity contribution in [1.82, 2.24) is 0 Å². The molecule has 1 unspecified atom stereocenters. The fraction of sp³-hybridized carbons (Fsp3) is 0.118. The van der Waals surface area contributed by atoms with Crippen LogP contribution in [0, 0.1) is 6.92 Å². The van der Waals surface area contributed by atoms with Crippen molar-refractivity contribution in [2.24, 2.45) is 10.2 Å². The summed E-state index contributed by atoms with van der Waals surface area (Å²) in [6.45, 7) is 1.96. The van der Waals surface area contributed by atoms with Gasteiger partial charge in [-0.05, 0) is 31.2 Å². The van der Waals surface area contributed by atoms with Gasteiger partial charge in [-0.1, -0.05) is 53.8 Å². The molecular formula is C17H13N3O3S2. The Balaban J connectivity index is 1.83. The Bertz CT molecular complexity index is 881. The highest BCUT2D eigenvalue weighted by atomic mass is 32.2. The smallest absolute Gasteiger partial charge is 0.337 e. The average Bonchev–Trinajstić information content (AvgIpc) is 2.88. The molecule has 1 saturated heterocycles. The Kier molecular flexibility index (Phi) is 4.91. The monoisotopic (exact) mass is 371 g/mol. The first-order chi connectivity index (χ1) is 12.0. The van der Waals surface area contributed by atoms with Crippen LogP contribution in [0.1, 0.15) is 15.9 Å². The molecule has 3 rings (SSSR count). The molecule has 0 aliphatic carbocycles. The molecule has 0 bridgehead atoms. The Hall–Kier alpha value is -2.58. The number of carbonyl (C=O) groups excluding carboxylic acids is 1. The van der Waals surface area contributed by atoms with Gasteiger partial charge in [0.2, 0.25) is 5.37 Å². The fourth-order valence-electron chi connectivity index (χ4n) is 2.25. The number of carbonyl (C=O) groups is 2. The summed E-state index contributed by atoms with van der Waals surface area (Å²) in [7, 11) is 0. The zero-order valence-electron chi connectivity index (χ0n) is 13.1. The van der Waals surface area contributed by atoms with E-state index in [-0.39, 0.29) is 17.2 Å². The third kappa shape index (κ3) is 3.59. The lowest BCUT2D eigenvalue weighted by atomic mass is 10.2. The maximum atomic E-state index is 12.6. The number of anilines is 1. The van der Waals surface area contributed by atoms with E-state index in [0.717, 1.165) is 17.3 Å². The lowest BCUT2D eigenvalue weighted by molar-refractivity contribution is -0.116. The molecule has 1 aliphatic rings. The topological polar surface area (TPSA) is 82.3 Å². The Morgan fingerprint density at radius 1 is 1.20 bits per heavy atom. The minimum Gasteiger partial charge on any atom is -0.478 e. The number of aryl methyl sites for hydroxylation is 1. The van der Waals surface area contributed by atoms with Crippen molar-refractivity contribution >= 4 is 51.6 Å². The van der Waals surface area contributed by atoms with Gasteiger partial charge in [0.25, 0.3) is 5.91 Å². The molecule has 1 heterocycles. The van der Waals surface area contributed by atoms with Gasteiger partial charge in [0.05, 0.1) is 16.9 Å². The van der Waals surface area contributed by atoms with E-state index in [9.17, 15) is 9.59 Å². The van der Waals surface area contributed by atoms with Crippen LogP contribution < -0.4 is 4.90 Å². The van der Waals surface area contributed by atoms with E-state index < -0.39 is 11.3 Å². The van der Waals surface area contributed by atoms with Crippen LogP contribution in [0.5, 0.6) is 0 Å². The molecule has 6 nitrogen and oxygen atoms in total. The molecular weight excluding hydrogens is 358 g/mol. The van der Waals surface area contributed by atoms with E-state index in [1.165, 1.54) is 17.0 Å². The first kappa shape index (κ1) is 17.2. The van der Waals surface area contributed by atoms with Crippen LogP contribution >= 0.6 is 24.0 Å². The molecule has 0 spiro atoms. The van der Waals surface area contributed by atoms with E-state index in [4.69, 9.17) is 17.3 Å². The van der Waals surface area contributed by atoms with Gasteiger partial charge < -0.3 is 5.11 Å². The van der Waals surface area contributed by atoms with Gasteiger partial charge in [0, 0.05) is 0 Å². The number of thiocarbonyl (C=S) groups is 1. The lowest BCUT2D eigenvalue weighted by Crippen LogP contribution is -2.30. The maximum absolute atomic E-state index is 12.6. The zero-order chi connectivity index (χ0) is 18.0. The Morgan fingerprint density at radius 2 is 1.88 bits per heavy atom. The third-order valence-corrected chi connectivity index (χ3v) is 4.90. The molecule has 1 amide bonds. The van der Waals surface area contributed by atoms with Gasteiger partial charge in [-0.15, -0.1) is 0 Å². The summed E-state index contributed by atoms with van der Waals surface area (Å²) in [6, 6.07) is 13.7. The third-order valence-electron chi connectivity index (χ3n) is 3.52. The van der Waals surface area contributed by atoms with Gasteiger partial charge in [-0.2, -0.15) is 10.2 Å². The second-order valence-electron chi connectivity index (χ2n) is 5.28. The van der Waals surface area contributed by atoms with Gasteiger partial charge in [0.15, 0.2) is 0 Å². The minimum absolute atomic E-state index is 0.0275. The number of amides is 1. The van der Waals surface area contributed by atoms with E-state index in [1.807, 2.05) is 31.2 Å². The first-order valence-electron chi connectivity index (χ1n) is 7.32. The van der Waals surface area contributed by atoms with E-state index in [0.29, 0.717) is 10.0 Å². The lowest BCUT2D eigenvalue weighted by Gasteiger charge is -2.14. The van der Waals surface area contributed by atoms with Crippen LogP contribution in [0.2, 0.25) is 0 Å². The van der Waals surface area contributed by atoms with Gasteiger partial charge in [-0.25, -0.2) is 4.79 Å².